The Morgan fingerprint density at radius 1 is 1.00 bits per heavy atom. The highest BCUT2D eigenvalue weighted by Crippen LogP contribution is 2.58. The Bertz CT molecular complexity index is 200. The molecule has 82 valence electrons. The predicted molar refractivity (Wildman–Crippen MR) is 62.2 cm³/mol. The third-order valence-corrected chi connectivity index (χ3v) is 4.87. The first-order valence-electron chi connectivity index (χ1n) is 6.43. The summed E-state index contributed by atoms with van der Waals surface area (Å²) in [4.78, 5) is 0. The fraction of sp³-hybridized carbons (Fsp3) is 1.00. The zero-order valence-corrected chi connectivity index (χ0v) is 10.4. The molecular weight excluding hydrogens is 168 g/mol. The van der Waals surface area contributed by atoms with Gasteiger partial charge in [-0.3, -0.25) is 0 Å². The fourth-order valence-electron chi connectivity index (χ4n) is 4.31. The largest absolute Gasteiger partial charge is 0.0625 e. The molecule has 14 heavy (non-hydrogen) atoms. The van der Waals surface area contributed by atoms with E-state index in [2.05, 4.69) is 27.7 Å². The summed E-state index contributed by atoms with van der Waals surface area (Å²) in [5.74, 6) is 1.89. The average molecular weight is 194 g/mol. The van der Waals surface area contributed by atoms with Crippen molar-refractivity contribution >= 4 is 0 Å². The molecule has 2 saturated carbocycles. The molecule has 0 aromatic rings. The van der Waals surface area contributed by atoms with Crippen LogP contribution in [0.3, 0.4) is 0 Å². The predicted octanol–water partition coefficient (Wildman–Crippen LogP) is 4.64. The zero-order chi connectivity index (χ0) is 10.4. The molecule has 2 rings (SSSR count). The molecule has 2 aliphatic carbocycles. The molecule has 0 aromatic carbocycles. The Balaban J connectivity index is 2.16. The smallest absolute Gasteiger partial charge is 0.0318 e. The van der Waals surface area contributed by atoms with Crippen LogP contribution < -0.4 is 0 Å². The lowest BCUT2D eigenvalue weighted by molar-refractivity contribution is -0.0209. The Morgan fingerprint density at radius 2 is 1.50 bits per heavy atom. The van der Waals surface area contributed by atoms with E-state index in [-0.39, 0.29) is 0 Å². The van der Waals surface area contributed by atoms with Gasteiger partial charge in [-0.05, 0) is 54.8 Å². The van der Waals surface area contributed by atoms with Crippen LogP contribution in [-0.4, -0.2) is 0 Å². The van der Waals surface area contributed by atoms with Crippen molar-refractivity contribution in [1.82, 2.24) is 0 Å². The molecule has 0 N–H and O–H groups in total. The second kappa shape index (κ2) is 3.25. The van der Waals surface area contributed by atoms with Gasteiger partial charge >= 0.3 is 0 Å². The SMILES string of the molecule is CC(C)C1CC2(C)CCCC(C)(C1)C2. The van der Waals surface area contributed by atoms with Gasteiger partial charge < -0.3 is 0 Å². The molecule has 2 fully saturated rings. The number of rotatable bonds is 1. The summed E-state index contributed by atoms with van der Waals surface area (Å²) >= 11 is 0. The van der Waals surface area contributed by atoms with E-state index in [1.165, 1.54) is 38.5 Å². The van der Waals surface area contributed by atoms with Crippen molar-refractivity contribution in [3.8, 4) is 0 Å². The summed E-state index contributed by atoms with van der Waals surface area (Å²) in [6.45, 7) is 9.91. The van der Waals surface area contributed by atoms with E-state index < -0.39 is 0 Å². The molecule has 0 heterocycles. The highest BCUT2D eigenvalue weighted by atomic mass is 14.5. The number of hydrogen-bond donors (Lipinski definition) is 0. The Hall–Kier alpha value is 0. The number of fused-ring (bicyclic) bond motifs is 2. The van der Waals surface area contributed by atoms with E-state index >= 15 is 0 Å². The normalized spacial score (nSPS) is 48.2. The van der Waals surface area contributed by atoms with Crippen LogP contribution in [-0.2, 0) is 0 Å². The second-order valence-corrected chi connectivity index (χ2v) is 7.06. The van der Waals surface area contributed by atoms with E-state index in [1.54, 1.807) is 0 Å². The van der Waals surface area contributed by atoms with Crippen LogP contribution in [0.15, 0.2) is 0 Å². The lowest BCUT2D eigenvalue weighted by Gasteiger charge is -2.53. The van der Waals surface area contributed by atoms with Crippen molar-refractivity contribution < 1.29 is 0 Å². The highest BCUT2D eigenvalue weighted by molar-refractivity contribution is 4.97. The third kappa shape index (κ3) is 1.85. The molecular formula is C14H26. The van der Waals surface area contributed by atoms with Gasteiger partial charge in [0.05, 0.1) is 0 Å². The molecule has 0 heteroatoms. The Morgan fingerprint density at radius 3 is 1.93 bits per heavy atom. The summed E-state index contributed by atoms with van der Waals surface area (Å²) in [6, 6.07) is 0. The van der Waals surface area contributed by atoms with Gasteiger partial charge in [-0.15, -0.1) is 0 Å². The van der Waals surface area contributed by atoms with E-state index in [0.29, 0.717) is 10.8 Å². The van der Waals surface area contributed by atoms with Crippen LogP contribution in [0.4, 0.5) is 0 Å². The van der Waals surface area contributed by atoms with Crippen molar-refractivity contribution in [1.29, 1.82) is 0 Å². The molecule has 0 nitrogen and oxygen atoms in total. The van der Waals surface area contributed by atoms with Crippen LogP contribution in [0, 0.1) is 22.7 Å². The van der Waals surface area contributed by atoms with Crippen LogP contribution in [0.25, 0.3) is 0 Å². The van der Waals surface area contributed by atoms with E-state index in [0.717, 1.165) is 11.8 Å². The maximum absolute atomic E-state index is 2.54. The molecule has 0 aromatic heterocycles. The standard InChI is InChI=1S/C14H26/c1-11(2)12-8-13(3)6-5-7-14(4,9-12)10-13/h11-12H,5-10H2,1-4H3. The van der Waals surface area contributed by atoms with Crippen LogP contribution in [0.2, 0.25) is 0 Å². The molecule has 0 radical (unpaired) electrons. The first-order chi connectivity index (χ1) is 6.43. The van der Waals surface area contributed by atoms with Gasteiger partial charge in [-0.1, -0.05) is 34.1 Å². The van der Waals surface area contributed by atoms with E-state index in [1.807, 2.05) is 0 Å². The Kier molecular flexibility index (Phi) is 2.44. The minimum atomic E-state index is 0.695. The van der Waals surface area contributed by atoms with Crippen LogP contribution in [0.5, 0.6) is 0 Å². The minimum absolute atomic E-state index is 0.695. The van der Waals surface area contributed by atoms with E-state index in [4.69, 9.17) is 0 Å². The first-order valence-corrected chi connectivity index (χ1v) is 6.43. The van der Waals surface area contributed by atoms with Crippen molar-refractivity contribution in [3.05, 3.63) is 0 Å². The van der Waals surface area contributed by atoms with Gasteiger partial charge in [0.1, 0.15) is 0 Å². The second-order valence-electron chi connectivity index (χ2n) is 7.06. The first kappa shape index (κ1) is 10.5. The van der Waals surface area contributed by atoms with Crippen molar-refractivity contribution in [3.63, 3.8) is 0 Å². The number of hydrogen-bond acceptors (Lipinski definition) is 0. The summed E-state index contributed by atoms with van der Waals surface area (Å²) in [5.41, 5.74) is 1.39. The third-order valence-electron chi connectivity index (χ3n) is 4.87. The molecule has 0 aliphatic heterocycles. The van der Waals surface area contributed by atoms with Gasteiger partial charge in [0.25, 0.3) is 0 Å². The van der Waals surface area contributed by atoms with Crippen LogP contribution >= 0.6 is 0 Å². The highest BCUT2D eigenvalue weighted by Gasteiger charge is 2.46. The molecule has 2 bridgehead atoms. The van der Waals surface area contributed by atoms with E-state index in [9.17, 15) is 0 Å². The summed E-state index contributed by atoms with van der Waals surface area (Å²) in [5, 5.41) is 0. The summed E-state index contributed by atoms with van der Waals surface area (Å²) < 4.78 is 0. The molecule has 2 aliphatic rings. The van der Waals surface area contributed by atoms with Gasteiger partial charge in [-0.2, -0.15) is 0 Å². The Labute approximate surface area is 89.5 Å². The van der Waals surface area contributed by atoms with Crippen molar-refractivity contribution in [2.24, 2.45) is 22.7 Å². The van der Waals surface area contributed by atoms with Crippen LogP contribution in [0.1, 0.15) is 66.2 Å². The molecule has 2 unspecified atom stereocenters. The zero-order valence-electron chi connectivity index (χ0n) is 10.4. The van der Waals surface area contributed by atoms with Gasteiger partial charge in [0, 0.05) is 0 Å². The molecule has 0 amide bonds. The molecule has 0 saturated heterocycles. The maximum Gasteiger partial charge on any atom is -0.0318 e. The van der Waals surface area contributed by atoms with Gasteiger partial charge in [0.15, 0.2) is 0 Å². The molecule has 2 atom stereocenters. The molecule has 0 spiro atoms. The lowest BCUT2D eigenvalue weighted by Crippen LogP contribution is -2.42. The quantitative estimate of drug-likeness (QED) is 0.570. The van der Waals surface area contributed by atoms with Crippen molar-refractivity contribution in [2.45, 2.75) is 66.2 Å². The maximum atomic E-state index is 2.54. The summed E-state index contributed by atoms with van der Waals surface area (Å²) in [6.07, 6.45) is 8.97. The van der Waals surface area contributed by atoms with Gasteiger partial charge in [-0.25, -0.2) is 0 Å². The monoisotopic (exact) mass is 194 g/mol. The average Bonchev–Trinajstić information content (AvgIpc) is 1.99. The van der Waals surface area contributed by atoms with Crippen molar-refractivity contribution in [2.75, 3.05) is 0 Å². The fourth-order valence-corrected chi connectivity index (χ4v) is 4.31. The lowest BCUT2D eigenvalue weighted by atomic mass is 9.52. The minimum Gasteiger partial charge on any atom is -0.0625 e. The topological polar surface area (TPSA) is 0 Å². The summed E-state index contributed by atoms with van der Waals surface area (Å²) in [7, 11) is 0. The van der Waals surface area contributed by atoms with Gasteiger partial charge in [0.2, 0.25) is 0 Å².